The molecule has 0 aliphatic carbocycles. The van der Waals surface area contributed by atoms with Crippen molar-refractivity contribution < 1.29 is 24.3 Å². The fraction of sp³-hybridized carbons (Fsp3) is 0.480. The van der Waals surface area contributed by atoms with Gasteiger partial charge in [0.2, 0.25) is 17.7 Å². The molecule has 13 heteroatoms. The van der Waals surface area contributed by atoms with Crippen molar-refractivity contribution in [1.29, 1.82) is 0 Å². The van der Waals surface area contributed by atoms with Gasteiger partial charge in [0.05, 0.1) is 6.04 Å². The van der Waals surface area contributed by atoms with E-state index in [1.165, 1.54) is 11.8 Å². The number of carboxylic acid groups (broad SMARTS) is 1. The summed E-state index contributed by atoms with van der Waals surface area (Å²) in [4.78, 5) is 58.7. The average Bonchev–Trinajstić information content (AvgIpc) is 3.52. The molecule has 1 saturated heterocycles. The fourth-order valence-corrected chi connectivity index (χ4v) is 4.57. The smallest absolute Gasteiger partial charge is 0.326 e. The summed E-state index contributed by atoms with van der Waals surface area (Å²) in [5.41, 5.74) is 18.6. The van der Waals surface area contributed by atoms with E-state index in [1.807, 2.05) is 30.5 Å². The van der Waals surface area contributed by atoms with E-state index in [-0.39, 0.29) is 24.8 Å². The van der Waals surface area contributed by atoms with Crippen LogP contribution in [0.1, 0.15) is 38.2 Å². The number of fused-ring (bicyclic) bond motifs is 1. The first-order valence-corrected chi connectivity index (χ1v) is 12.6. The maximum Gasteiger partial charge on any atom is 0.326 e. The molecule has 0 saturated carbocycles. The number of hydrogen-bond donors (Lipinski definition) is 7. The Balaban J connectivity index is 1.55. The number of aromatic nitrogens is 1. The number of carbonyl (C=O) groups is 4. The monoisotopic (exact) mass is 528 g/mol. The molecular weight excluding hydrogens is 492 g/mol. The molecule has 1 aliphatic heterocycles. The molecule has 1 aromatic heterocycles. The number of H-pyrrole nitrogens is 1. The number of guanidine groups is 1. The van der Waals surface area contributed by atoms with E-state index in [4.69, 9.17) is 17.2 Å². The van der Waals surface area contributed by atoms with Gasteiger partial charge in [-0.3, -0.25) is 19.4 Å². The standard InChI is InChI=1S/C25H36N8O5/c1-14(21(34)32-19(24(37)38)8-4-10-29-25(27)28)31-22(35)20-9-5-11-33(20)23(36)17(26)12-15-13-30-18-7-3-2-6-16(15)18/h2-3,6-7,13-14,17,19-20,30H,4-5,8-12,26H2,1H3,(H,31,35)(H,32,34)(H,37,38)(H4,27,28,29). The molecule has 10 N–H and O–H groups in total. The third-order valence-corrected chi connectivity index (χ3v) is 6.58. The number of rotatable bonds is 12. The lowest BCUT2D eigenvalue weighted by Gasteiger charge is -2.28. The van der Waals surface area contributed by atoms with Gasteiger partial charge in [0.15, 0.2) is 5.96 Å². The van der Waals surface area contributed by atoms with E-state index in [1.54, 1.807) is 0 Å². The van der Waals surface area contributed by atoms with E-state index < -0.39 is 42.0 Å². The fourth-order valence-electron chi connectivity index (χ4n) is 4.57. The maximum absolute atomic E-state index is 13.2. The van der Waals surface area contributed by atoms with Crippen molar-refractivity contribution in [3.05, 3.63) is 36.0 Å². The zero-order chi connectivity index (χ0) is 27.8. The van der Waals surface area contributed by atoms with Gasteiger partial charge in [0.25, 0.3) is 0 Å². The van der Waals surface area contributed by atoms with Crippen LogP contribution in [0.3, 0.4) is 0 Å². The molecule has 4 unspecified atom stereocenters. The summed E-state index contributed by atoms with van der Waals surface area (Å²) in [7, 11) is 0. The Morgan fingerprint density at radius 3 is 2.66 bits per heavy atom. The van der Waals surface area contributed by atoms with Crippen molar-refractivity contribution >= 4 is 40.6 Å². The number of aliphatic imine (C=N–C) groups is 1. The van der Waals surface area contributed by atoms with Crippen LogP contribution in [0, 0.1) is 0 Å². The molecule has 38 heavy (non-hydrogen) atoms. The molecule has 1 aliphatic rings. The highest BCUT2D eigenvalue weighted by Crippen LogP contribution is 2.22. The van der Waals surface area contributed by atoms with Crippen molar-refractivity contribution in [2.24, 2.45) is 22.2 Å². The number of hydrogen-bond acceptors (Lipinski definition) is 6. The van der Waals surface area contributed by atoms with Gasteiger partial charge in [0.1, 0.15) is 18.1 Å². The van der Waals surface area contributed by atoms with E-state index in [9.17, 15) is 24.3 Å². The quantitative estimate of drug-likeness (QED) is 0.104. The summed E-state index contributed by atoms with van der Waals surface area (Å²) < 4.78 is 0. The minimum Gasteiger partial charge on any atom is -0.480 e. The number of aliphatic carboxylic acids is 1. The highest BCUT2D eigenvalue weighted by atomic mass is 16.4. The number of para-hydroxylation sites is 1. The van der Waals surface area contributed by atoms with Gasteiger partial charge < -0.3 is 42.8 Å². The van der Waals surface area contributed by atoms with E-state index in [0.717, 1.165) is 16.5 Å². The van der Waals surface area contributed by atoms with Gasteiger partial charge in [-0.1, -0.05) is 18.2 Å². The number of aromatic amines is 1. The molecule has 0 bridgehead atoms. The zero-order valence-corrected chi connectivity index (χ0v) is 21.4. The van der Waals surface area contributed by atoms with Crippen LogP contribution < -0.4 is 27.8 Å². The number of carbonyl (C=O) groups excluding carboxylic acids is 3. The SMILES string of the molecule is CC(NC(=O)C1CCCN1C(=O)C(N)Cc1c[nH]c2ccccc12)C(=O)NC(CCCN=C(N)N)C(=O)O. The Labute approximate surface area is 220 Å². The molecule has 2 heterocycles. The number of nitrogens with zero attached hydrogens (tertiary/aromatic N) is 2. The van der Waals surface area contributed by atoms with Crippen molar-refractivity contribution in [3.8, 4) is 0 Å². The average molecular weight is 529 g/mol. The number of benzene rings is 1. The van der Waals surface area contributed by atoms with Crippen LogP contribution in [0.25, 0.3) is 10.9 Å². The van der Waals surface area contributed by atoms with Gasteiger partial charge >= 0.3 is 5.97 Å². The number of likely N-dealkylation sites (tertiary alicyclic amines) is 1. The lowest BCUT2D eigenvalue weighted by molar-refractivity contribution is -0.143. The molecule has 13 nitrogen and oxygen atoms in total. The van der Waals surface area contributed by atoms with Crippen molar-refractivity contribution in [2.45, 2.75) is 63.2 Å². The first-order chi connectivity index (χ1) is 18.1. The molecular formula is C25H36N8O5. The predicted molar refractivity (Wildman–Crippen MR) is 142 cm³/mol. The summed E-state index contributed by atoms with van der Waals surface area (Å²) in [6.45, 7) is 2.06. The normalized spacial score (nSPS) is 17.4. The zero-order valence-electron chi connectivity index (χ0n) is 21.4. The Hall–Kier alpha value is -4.13. The molecule has 1 aromatic carbocycles. The van der Waals surface area contributed by atoms with E-state index >= 15 is 0 Å². The summed E-state index contributed by atoms with van der Waals surface area (Å²) in [5.74, 6) is -2.79. The Kier molecular flexibility index (Phi) is 9.66. The van der Waals surface area contributed by atoms with Gasteiger partial charge in [-0.2, -0.15) is 0 Å². The Morgan fingerprint density at radius 1 is 1.21 bits per heavy atom. The van der Waals surface area contributed by atoms with Gasteiger partial charge in [0, 0.05) is 30.2 Å². The highest BCUT2D eigenvalue weighted by molar-refractivity contribution is 5.94. The minimum atomic E-state index is -1.21. The third-order valence-electron chi connectivity index (χ3n) is 6.58. The van der Waals surface area contributed by atoms with Crippen LogP contribution in [0.5, 0.6) is 0 Å². The lowest BCUT2D eigenvalue weighted by Crippen LogP contribution is -2.56. The van der Waals surface area contributed by atoms with Crippen LogP contribution in [-0.2, 0) is 25.6 Å². The first-order valence-electron chi connectivity index (χ1n) is 12.6. The van der Waals surface area contributed by atoms with Crippen LogP contribution in [-0.4, -0.2) is 81.9 Å². The van der Waals surface area contributed by atoms with Gasteiger partial charge in [-0.25, -0.2) is 4.79 Å². The number of amides is 3. The Bertz CT molecular complexity index is 1190. The molecule has 3 amide bonds. The second-order valence-corrected chi connectivity index (χ2v) is 9.44. The number of carboxylic acids is 1. The molecule has 0 radical (unpaired) electrons. The number of nitrogens with one attached hydrogen (secondary N) is 3. The molecule has 0 spiro atoms. The lowest BCUT2D eigenvalue weighted by atomic mass is 10.0. The second kappa shape index (κ2) is 12.9. The Morgan fingerprint density at radius 2 is 1.95 bits per heavy atom. The minimum absolute atomic E-state index is 0.101. The number of nitrogens with two attached hydrogens (primary N) is 3. The maximum atomic E-state index is 13.2. The van der Waals surface area contributed by atoms with E-state index in [2.05, 4.69) is 20.6 Å². The molecule has 3 rings (SSSR count). The first kappa shape index (κ1) is 28.4. The van der Waals surface area contributed by atoms with Crippen molar-refractivity contribution in [2.75, 3.05) is 13.1 Å². The highest BCUT2D eigenvalue weighted by Gasteiger charge is 2.37. The van der Waals surface area contributed by atoms with Crippen LogP contribution >= 0.6 is 0 Å². The molecule has 2 aromatic rings. The largest absolute Gasteiger partial charge is 0.480 e. The topological polar surface area (TPSA) is 222 Å². The van der Waals surface area contributed by atoms with Crippen LogP contribution in [0.4, 0.5) is 0 Å². The molecule has 206 valence electrons. The van der Waals surface area contributed by atoms with Crippen LogP contribution in [0.2, 0.25) is 0 Å². The third kappa shape index (κ3) is 7.22. The van der Waals surface area contributed by atoms with Crippen molar-refractivity contribution in [1.82, 2.24) is 20.5 Å². The summed E-state index contributed by atoms with van der Waals surface area (Å²) in [5, 5.41) is 15.4. The summed E-state index contributed by atoms with van der Waals surface area (Å²) >= 11 is 0. The van der Waals surface area contributed by atoms with Gasteiger partial charge in [-0.05, 0) is 50.7 Å². The van der Waals surface area contributed by atoms with Gasteiger partial charge in [-0.15, -0.1) is 0 Å². The molecule has 1 fully saturated rings. The van der Waals surface area contributed by atoms with E-state index in [0.29, 0.717) is 32.2 Å². The van der Waals surface area contributed by atoms with Crippen molar-refractivity contribution in [3.63, 3.8) is 0 Å². The predicted octanol–water partition coefficient (Wildman–Crippen LogP) is -0.844. The summed E-state index contributed by atoms with van der Waals surface area (Å²) in [6.07, 6.45) is 3.66. The van der Waals surface area contributed by atoms with Crippen LogP contribution in [0.15, 0.2) is 35.5 Å². The molecule has 4 atom stereocenters. The second-order valence-electron chi connectivity index (χ2n) is 9.44. The summed E-state index contributed by atoms with van der Waals surface area (Å²) in [6, 6.07) is 3.95.